The van der Waals surface area contributed by atoms with Gasteiger partial charge in [0, 0.05) is 6.04 Å². The van der Waals surface area contributed by atoms with Crippen LogP contribution in [0.1, 0.15) is 6.42 Å². The van der Waals surface area contributed by atoms with Crippen LogP contribution in [-0.2, 0) is 9.84 Å². The molecule has 3 N–H and O–H groups in total. The van der Waals surface area contributed by atoms with E-state index in [9.17, 15) is 8.42 Å². The molecule has 15 heavy (non-hydrogen) atoms. The van der Waals surface area contributed by atoms with Crippen molar-refractivity contribution in [2.45, 2.75) is 12.5 Å². The molecule has 1 saturated heterocycles. The lowest BCUT2D eigenvalue weighted by Crippen LogP contribution is -2.21. The zero-order chi connectivity index (χ0) is 10.9. The maximum Gasteiger partial charge on any atom is 0.152 e. The summed E-state index contributed by atoms with van der Waals surface area (Å²) in [5.74, 6) is 1.24. The highest BCUT2D eigenvalue weighted by Crippen LogP contribution is 2.15. The SMILES string of the molecule is Nc1cncc(NC2CCS(=O)(=O)C2)n1. The standard InChI is InChI=1S/C8H12N4O2S/c9-7-3-10-4-8(12-7)11-6-1-2-15(13,14)5-6/h3-4,6H,1-2,5H2,(H3,9,11,12). The molecule has 1 aromatic heterocycles. The lowest BCUT2D eigenvalue weighted by atomic mass is 10.3. The van der Waals surface area contributed by atoms with Crippen molar-refractivity contribution in [1.29, 1.82) is 0 Å². The highest BCUT2D eigenvalue weighted by atomic mass is 32.2. The van der Waals surface area contributed by atoms with Gasteiger partial charge in [-0.15, -0.1) is 0 Å². The third-order valence-corrected chi connectivity index (χ3v) is 4.01. The first-order valence-electron chi connectivity index (χ1n) is 4.60. The monoisotopic (exact) mass is 228 g/mol. The molecule has 0 saturated carbocycles. The molecule has 1 aliphatic heterocycles. The Morgan fingerprint density at radius 3 is 2.87 bits per heavy atom. The zero-order valence-electron chi connectivity index (χ0n) is 8.05. The van der Waals surface area contributed by atoms with Crippen molar-refractivity contribution in [3.05, 3.63) is 12.4 Å². The van der Waals surface area contributed by atoms with Crippen LogP contribution in [0.25, 0.3) is 0 Å². The van der Waals surface area contributed by atoms with Crippen LogP contribution in [0, 0.1) is 0 Å². The van der Waals surface area contributed by atoms with Crippen LogP contribution in [-0.4, -0.2) is 35.9 Å². The lowest BCUT2D eigenvalue weighted by Gasteiger charge is -2.10. The minimum Gasteiger partial charge on any atom is -0.382 e. The van der Waals surface area contributed by atoms with Crippen LogP contribution in [0.5, 0.6) is 0 Å². The van der Waals surface area contributed by atoms with Gasteiger partial charge in [0.25, 0.3) is 0 Å². The highest BCUT2D eigenvalue weighted by Gasteiger charge is 2.27. The van der Waals surface area contributed by atoms with Gasteiger partial charge in [-0.25, -0.2) is 13.4 Å². The van der Waals surface area contributed by atoms with Crippen LogP contribution < -0.4 is 11.1 Å². The number of nitrogens with zero attached hydrogens (tertiary/aromatic N) is 2. The Balaban J connectivity index is 2.05. The predicted molar refractivity (Wildman–Crippen MR) is 57.1 cm³/mol. The first-order valence-corrected chi connectivity index (χ1v) is 6.42. The molecule has 6 nitrogen and oxygen atoms in total. The molecule has 82 valence electrons. The molecule has 1 fully saturated rings. The number of nitrogens with two attached hydrogens (primary N) is 1. The van der Waals surface area contributed by atoms with Crippen LogP contribution in [0.15, 0.2) is 12.4 Å². The van der Waals surface area contributed by atoms with E-state index in [1.54, 1.807) is 0 Å². The summed E-state index contributed by atoms with van der Waals surface area (Å²) in [7, 11) is -2.87. The van der Waals surface area contributed by atoms with E-state index in [4.69, 9.17) is 5.73 Å². The Bertz CT molecular complexity index is 459. The van der Waals surface area contributed by atoms with Crippen molar-refractivity contribution in [2.24, 2.45) is 0 Å². The van der Waals surface area contributed by atoms with Gasteiger partial charge in [0.1, 0.15) is 11.6 Å². The van der Waals surface area contributed by atoms with E-state index >= 15 is 0 Å². The van der Waals surface area contributed by atoms with Gasteiger partial charge in [0.05, 0.1) is 23.9 Å². The van der Waals surface area contributed by atoms with E-state index in [-0.39, 0.29) is 17.5 Å². The first kappa shape index (κ1) is 10.2. The van der Waals surface area contributed by atoms with E-state index in [2.05, 4.69) is 15.3 Å². The number of nitrogen functional groups attached to an aromatic ring is 1. The number of rotatable bonds is 2. The van der Waals surface area contributed by atoms with Gasteiger partial charge >= 0.3 is 0 Å². The minimum absolute atomic E-state index is 0.0777. The Labute approximate surface area is 87.8 Å². The highest BCUT2D eigenvalue weighted by molar-refractivity contribution is 7.91. The van der Waals surface area contributed by atoms with Crippen molar-refractivity contribution >= 4 is 21.5 Å². The Kier molecular flexibility index (Phi) is 2.47. The molecule has 2 rings (SSSR count). The average molecular weight is 228 g/mol. The van der Waals surface area contributed by atoms with E-state index < -0.39 is 9.84 Å². The number of anilines is 2. The molecule has 1 aromatic rings. The fraction of sp³-hybridized carbons (Fsp3) is 0.500. The zero-order valence-corrected chi connectivity index (χ0v) is 8.87. The molecule has 1 aliphatic rings. The maximum atomic E-state index is 11.2. The number of hydrogen-bond acceptors (Lipinski definition) is 6. The molecular formula is C8H12N4O2S. The minimum atomic E-state index is -2.87. The molecule has 0 aliphatic carbocycles. The van der Waals surface area contributed by atoms with Crippen LogP contribution in [0.4, 0.5) is 11.6 Å². The van der Waals surface area contributed by atoms with Crippen LogP contribution in [0.3, 0.4) is 0 Å². The summed E-state index contributed by atoms with van der Waals surface area (Å²) in [6, 6.07) is -0.0777. The molecule has 0 radical (unpaired) electrons. The van der Waals surface area contributed by atoms with Crippen molar-refractivity contribution in [3.8, 4) is 0 Å². The topological polar surface area (TPSA) is 98.0 Å². The molecule has 0 aromatic carbocycles. The summed E-state index contributed by atoms with van der Waals surface area (Å²) in [6.45, 7) is 0. The quantitative estimate of drug-likeness (QED) is 0.718. The smallest absolute Gasteiger partial charge is 0.152 e. The van der Waals surface area contributed by atoms with Crippen molar-refractivity contribution in [3.63, 3.8) is 0 Å². The van der Waals surface area contributed by atoms with E-state index in [0.717, 1.165) is 0 Å². The summed E-state index contributed by atoms with van der Waals surface area (Å²) in [5, 5.41) is 3.00. The van der Waals surface area contributed by atoms with Crippen molar-refractivity contribution in [1.82, 2.24) is 9.97 Å². The molecule has 1 unspecified atom stereocenters. The molecule has 0 spiro atoms. The van der Waals surface area contributed by atoms with Crippen LogP contribution in [0.2, 0.25) is 0 Å². The van der Waals surface area contributed by atoms with Crippen LogP contribution >= 0.6 is 0 Å². The summed E-state index contributed by atoms with van der Waals surface area (Å²) in [4.78, 5) is 7.86. The number of nitrogens with one attached hydrogen (secondary N) is 1. The Morgan fingerprint density at radius 2 is 2.27 bits per heavy atom. The van der Waals surface area contributed by atoms with E-state index in [1.165, 1.54) is 12.4 Å². The summed E-state index contributed by atoms with van der Waals surface area (Å²) >= 11 is 0. The molecule has 7 heteroatoms. The second kappa shape index (κ2) is 3.65. The summed E-state index contributed by atoms with van der Waals surface area (Å²) < 4.78 is 22.4. The first-order chi connectivity index (χ1) is 7.05. The third kappa shape index (κ3) is 2.56. The molecule has 0 bridgehead atoms. The van der Waals surface area contributed by atoms with Gasteiger partial charge in [0.2, 0.25) is 0 Å². The van der Waals surface area contributed by atoms with E-state index in [0.29, 0.717) is 18.1 Å². The van der Waals surface area contributed by atoms with Crippen molar-refractivity contribution in [2.75, 3.05) is 22.6 Å². The Morgan fingerprint density at radius 1 is 1.47 bits per heavy atom. The third-order valence-electron chi connectivity index (χ3n) is 2.24. The largest absolute Gasteiger partial charge is 0.382 e. The molecular weight excluding hydrogens is 216 g/mol. The van der Waals surface area contributed by atoms with Gasteiger partial charge in [-0.1, -0.05) is 0 Å². The predicted octanol–water partition coefficient (Wildman–Crippen LogP) is -0.342. The van der Waals surface area contributed by atoms with Gasteiger partial charge in [-0.2, -0.15) is 0 Å². The fourth-order valence-electron chi connectivity index (χ4n) is 1.57. The summed E-state index contributed by atoms with van der Waals surface area (Å²) in [6.07, 6.45) is 3.58. The van der Waals surface area contributed by atoms with E-state index in [1.807, 2.05) is 0 Å². The maximum absolute atomic E-state index is 11.2. The fourth-order valence-corrected chi connectivity index (χ4v) is 3.24. The molecule has 2 heterocycles. The van der Waals surface area contributed by atoms with Gasteiger partial charge in [-0.05, 0) is 6.42 Å². The second-order valence-corrected chi connectivity index (χ2v) is 5.80. The molecule has 1 atom stereocenters. The van der Waals surface area contributed by atoms with Crippen molar-refractivity contribution < 1.29 is 8.42 Å². The number of hydrogen-bond donors (Lipinski definition) is 2. The lowest BCUT2D eigenvalue weighted by molar-refractivity contribution is 0.602. The summed E-state index contributed by atoms with van der Waals surface area (Å²) in [5.41, 5.74) is 5.45. The normalized spacial score (nSPS) is 23.9. The second-order valence-electron chi connectivity index (χ2n) is 3.57. The number of aromatic nitrogens is 2. The van der Waals surface area contributed by atoms with Gasteiger partial charge in [0.15, 0.2) is 9.84 Å². The van der Waals surface area contributed by atoms with Gasteiger partial charge in [-0.3, -0.25) is 4.98 Å². The average Bonchev–Trinajstić information content (AvgIpc) is 2.45. The number of sulfone groups is 1. The Hall–Kier alpha value is -1.37. The van der Waals surface area contributed by atoms with Gasteiger partial charge < -0.3 is 11.1 Å². The molecule has 0 amide bonds.